The van der Waals surface area contributed by atoms with Gasteiger partial charge in [0.15, 0.2) is 0 Å². The maximum absolute atomic E-state index is 3.77. The Morgan fingerprint density at radius 3 is 2.48 bits per heavy atom. The lowest BCUT2D eigenvalue weighted by molar-refractivity contribution is 0.283. The number of hydrogen-bond acceptors (Lipinski definition) is 1. The molecule has 3 aromatic carbocycles. The summed E-state index contributed by atoms with van der Waals surface area (Å²) >= 11 is 0. The molecule has 23 heavy (non-hydrogen) atoms. The van der Waals surface area contributed by atoms with Crippen molar-refractivity contribution in [1.82, 2.24) is 5.32 Å². The summed E-state index contributed by atoms with van der Waals surface area (Å²) in [4.78, 5) is 0. The molecule has 1 N–H and O–H groups in total. The molecule has 0 aliphatic carbocycles. The second-order valence-corrected chi connectivity index (χ2v) is 6.63. The van der Waals surface area contributed by atoms with Crippen LogP contribution in [-0.4, -0.2) is 6.54 Å². The van der Waals surface area contributed by atoms with Crippen LogP contribution in [-0.2, 0) is 6.42 Å². The third-order valence-corrected chi connectivity index (χ3v) is 5.06. The fourth-order valence-corrected chi connectivity index (χ4v) is 3.88. The van der Waals surface area contributed by atoms with Gasteiger partial charge < -0.3 is 5.32 Å². The second kappa shape index (κ2) is 6.55. The Balaban J connectivity index is 1.63. The monoisotopic (exact) mass is 301 g/mol. The summed E-state index contributed by atoms with van der Waals surface area (Å²) in [5.41, 5.74) is 2.89. The van der Waals surface area contributed by atoms with Crippen LogP contribution < -0.4 is 5.32 Å². The third kappa shape index (κ3) is 3.16. The molecule has 1 heterocycles. The van der Waals surface area contributed by atoms with Crippen LogP contribution in [0.25, 0.3) is 10.8 Å². The Morgan fingerprint density at radius 2 is 1.61 bits per heavy atom. The molecule has 4 rings (SSSR count). The summed E-state index contributed by atoms with van der Waals surface area (Å²) in [6.07, 6.45) is 3.74. The van der Waals surface area contributed by atoms with Crippen LogP contribution in [0.2, 0.25) is 0 Å². The molecule has 0 radical (unpaired) electrons. The molecular formula is C22H23N. The van der Waals surface area contributed by atoms with Crippen molar-refractivity contribution < 1.29 is 0 Å². The van der Waals surface area contributed by atoms with Gasteiger partial charge in [0.2, 0.25) is 0 Å². The molecule has 0 saturated carbocycles. The maximum Gasteiger partial charge on any atom is 0.0352 e. The Bertz CT molecular complexity index is 778. The van der Waals surface area contributed by atoms with Crippen LogP contribution in [0.1, 0.15) is 30.0 Å². The van der Waals surface area contributed by atoms with Crippen molar-refractivity contribution in [2.24, 2.45) is 5.92 Å². The van der Waals surface area contributed by atoms with E-state index in [1.54, 1.807) is 0 Å². The van der Waals surface area contributed by atoms with Gasteiger partial charge in [-0.1, -0.05) is 66.7 Å². The summed E-state index contributed by atoms with van der Waals surface area (Å²) in [6.45, 7) is 1.13. The van der Waals surface area contributed by atoms with E-state index in [2.05, 4.69) is 78.1 Å². The van der Waals surface area contributed by atoms with E-state index >= 15 is 0 Å². The molecule has 1 aliphatic heterocycles. The van der Waals surface area contributed by atoms with Crippen LogP contribution in [0.15, 0.2) is 72.8 Å². The molecule has 2 atom stereocenters. The predicted molar refractivity (Wildman–Crippen MR) is 97.6 cm³/mol. The van der Waals surface area contributed by atoms with Crippen molar-refractivity contribution in [2.75, 3.05) is 6.54 Å². The van der Waals surface area contributed by atoms with Gasteiger partial charge in [0.25, 0.3) is 0 Å². The number of rotatable bonds is 3. The SMILES string of the molecule is c1ccc(C[C@H]2CCCN[C@@H]2c2ccc3ccccc3c2)cc1. The first-order chi connectivity index (χ1) is 11.4. The van der Waals surface area contributed by atoms with E-state index in [0.29, 0.717) is 12.0 Å². The molecule has 116 valence electrons. The predicted octanol–water partition coefficient (Wildman–Crippen LogP) is 5.12. The highest BCUT2D eigenvalue weighted by atomic mass is 14.9. The number of piperidine rings is 1. The lowest BCUT2D eigenvalue weighted by Gasteiger charge is -2.33. The highest BCUT2D eigenvalue weighted by Crippen LogP contribution is 2.33. The van der Waals surface area contributed by atoms with Gasteiger partial charge in [-0.2, -0.15) is 0 Å². The first kappa shape index (κ1) is 14.5. The topological polar surface area (TPSA) is 12.0 Å². The number of benzene rings is 3. The van der Waals surface area contributed by atoms with E-state index in [1.807, 2.05) is 0 Å². The molecule has 1 fully saturated rings. The van der Waals surface area contributed by atoms with Gasteiger partial charge >= 0.3 is 0 Å². The zero-order valence-corrected chi connectivity index (χ0v) is 13.4. The molecule has 1 nitrogen and oxygen atoms in total. The Kier molecular flexibility index (Phi) is 4.12. The number of nitrogens with one attached hydrogen (secondary N) is 1. The minimum absolute atomic E-state index is 0.466. The summed E-state index contributed by atoms with van der Waals surface area (Å²) in [5.74, 6) is 0.673. The maximum atomic E-state index is 3.77. The fourth-order valence-electron chi connectivity index (χ4n) is 3.88. The van der Waals surface area contributed by atoms with Crippen molar-refractivity contribution in [3.05, 3.63) is 83.9 Å². The van der Waals surface area contributed by atoms with Crippen molar-refractivity contribution >= 4 is 10.8 Å². The molecule has 0 unspecified atom stereocenters. The van der Waals surface area contributed by atoms with E-state index in [0.717, 1.165) is 13.0 Å². The summed E-state index contributed by atoms with van der Waals surface area (Å²) in [5, 5.41) is 6.44. The fraction of sp³-hybridized carbons (Fsp3) is 0.273. The molecule has 0 spiro atoms. The van der Waals surface area contributed by atoms with Crippen LogP contribution >= 0.6 is 0 Å². The van der Waals surface area contributed by atoms with E-state index in [-0.39, 0.29) is 0 Å². The standard InChI is InChI=1S/C22H23N/c1-2-7-17(8-3-1)15-20-11-6-14-23-22(20)21-13-12-18-9-4-5-10-19(18)16-21/h1-5,7-10,12-13,16,20,22-23H,6,11,14-15H2/t20-,22+/m1/s1. The molecule has 1 heteroatoms. The molecule has 1 aliphatic rings. The Hall–Kier alpha value is -2.12. The number of hydrogen-bond donors (Lipinski definition) is 1. The summed E-state index contributed by atoms with van der Waals surface area (Å²) in [7, 11) is 0. The quantitative estimate of drug-likeness (QED) is 0.707. The van der Waals surface area contributed by atoms with Gasteiger partial charge in [0, 0.05) is 6.04 Å². The highest BCUT2D eigenvalue weighted by Gasteiger charge is 2.26. The average molecular weight is 301 g/mol. The van der Waals surface area contributed by atoms with Gasteiger partial charge in [0.05, 0.1) is 0 Å². The third-order valence-electron chi connectivity index (χ3n) is 5.06. The average Bonchev–Trinajstić information content (AvgIpc) is 2.63. The van der Waals surface area contributed by atoms with E-state index in [1.165, 1.54) is 34.7 Å². The molecule has 0 bridgehead atoms. The zero-order valence-electron chi connectivity index (χ0n) is 13.4. The zero-order chi connectivity index (χ0) is 15.5. The van der Waals surface area contributed by atoms with Crippen molar-refractivity contribution in [3.63, 3.8) is 0 Å². The summed E-state index contributed by atoms with van der Waals surface area (Å²) in [6, 6.07) is 27.0. The lowest BCUT2D eigenvalue weighted by atomic mass is 9.82. The minimum Gasteiger partial charge on any atom is -0.310 e. The van der Waals surface area contributed by atoms with Gasteiger partial charge in [-0.15, -0.1) is 0 Å². The molecule has 3 aromatic rings. The van der Waals surface area contributed by atoms with Crippen LogP contribution in [0.4, 0.5) is 0 Å². The van der Waals surface area contributed by atoms with Crippen LogP contribution in [0, 0.1) is 5.92 Å². The second-order valence-electron chi connectivity index (χ2n) is 6.63. The minimum atomic E-state index is 0.466. The smallest absolute Gasteiger partial charge is 0.0352 e. The van der Waals surface area contributed by atoms with Crippen LogP contribution in [0.3, 0.4) is 0 Å². The van der Waals surface area contributed by atoms with E-state index < -0.39 is 0 Å². The van der Waals surface area contributed by atoms with Crippen LogP contribution in [0.5, 0.6) is 0 Å². The van der Waals surface area contributed by atoms with Crippen molar-refractivity contribution in [2.45, 2.75) is 25.3 Å². The first-order valence-electron chi connectivity index (χ1n) is 8.66. The van der Waals surface area contributed by atoms with Gasteiger partial charge in [0.1, 0.15) is 0 Å². The Morgan fingerprint density at radius 1 is 0.826 bits per heavy atom. The lowest BCUT2D eigenvalue weighted by Crippen LogP contribution is -2.35. The van der Waals surface area contributed by atoms with Gasteiger partial charge in [-0.25, -0.2) is 0 Å². The molecule has 1 saturated heterocycles. The van der Waals surface area contributed by atoms with Crippen molar-refractivity contribution in [1.29, 1.82) is 0 Å². The molecule has 0 amide bonds. The van der Waals surface area contributed by atoms with Gasteiger partial charge in [-0.3, -0.25) is 0 Å². The normalized spacial score (nSPS) is 21.4. The first-order valence-corrected chi connectivity index (χ1v) is 8.66. The Labute approximate surface area is 138 Å². The van der Waals surface area contributed by atoms with E-state index in [9.17, 15) is 0 Å². The number of fused-ring (bicyclic) bond motifs is 1. The summed E-state index contributed by atoms with van der Waals surface area (Å²) < 4.78 is 0. The van der Waals surface area contributed by atoms with Crippen molar-refractivity contribution in [3.8, 4) is 0 Å². The van der Waals surface area contributed by atoms with Gasteiger partial charge in [-0.05, 0) is 59.7 Å². The largest absolute Gasteiger partial charge is 0.310 e. The molecular weight excluding hydrogens is 278 g/mol. The highest BCUT2D eigenvalue weighted by molar-refractivity contribution is 5.83. The van der Waals surface area contributed by atoms with E-state index in [4.69, 9.17) is 0 Å². The molecule has 0 aromatic heterocycles.